The van der Waals surface area contributed by atoms with E-state index in [0.717, 1.165) is 50.4 Å². The van der Waals surface area contributed by atoms with Crippen LogP contribution in [0.5, 0.6) is 0 Å². The highest BCUT2D eigenvalue weighted by atomic mass is 16.2. The zero-order valence-corrected chi connectivity index (χ0v) is 15.5. The van der Waals surface area contributed by atoms with Crippen molar-refractivity contribution in [3.05, 3.63) is 59.7 Å². The predicted octanol–water partition coefficient (Wildman–Crippen LogP) is 2.85. The summed E-state index contributed by atoms with van der Waals surface area (Å²) < 4.78 is 0. The summed E-state index contributed by atoms with van der Waals surface area (Å²) >= 11 is 0. The molecule has 1 N–H and O–H groups in total. The molecule has 4 rings (SSSR count). The standard InChI is InChI=1S/C22H25N3O2/c26-21-10-8-18-7-9-19(16-20(18)23-21)24-12-14-25(15-13-24)22(27)11-6-17-4-2-1-3-5-17/h1-5,7,9,16H,6,8,10-15H2,(H,23,26). The molecule has 0 saturated carbocycles. The van der Waals surface area contributed by atoms with Crippen molar-refractivity contribution in [2.75, 3.05) is 36.4 Å². The van der Waals surface area contributed by atoms with E-state index < -0.39 is 0 Å². The molecule has 0 bridgehead atoms. The van der Waals surface area contributed by atoms with Crippen molar-refractivity contribution in [3.8, 4) is 0 Å². The third kappa shape index (κ3) is 4.13. The Balaban J connectivity index is 1.31. The summed E-state index contributed by atoms with van der Waals surface area (Å²) in [5.74, 6) is 0.324. The Morgan fingerprint density at radius 2 is 1.74 bits per heavy atom. The number of benzene rings is 2. The van der Waals surface area contributed by atoms with Crippen LogP contribution in [0.15, 0.2) is 48.5 Å². The second-order valence-corrected chi connectivity index (χ2v) is 7.24. The van der Waals surface area contributed by atoms with Crippen molar-refractivity contribution < 1.29 is 9.59 Å². The Morgan fingerprint density at radius 1 is 0.963 bits per heavy atom. The monoisotopic (exact) mass is 363 g/mol. The van der Waals surface area contributed by atoms with Crippen molar-refractivity contribution in [1.82, 2.24) is 4.90 Å². The molecule has 2 aliphatic heterocycles. The molecule has 2 aromatic rings. The van der Waals surface area contributed by atoms with Gasteiger partial charge < -0.3 is 15.1 Å². The number of amides is 2. The summed E-state index contributed by atoms with van der Waals surface area (Å²) in [5.41, 5.74) is 4.46. The van der Waals surface area contributed by atoms with Gasteiger partial charge in [-0.25, -0.2) is 0 Å². The molecule has 140 valence electrons. The number of piperazine rings is 1. The first kappa shape index (κ1) is 17.6. The van der Waals surface area contributed by atoms with Crippen LogP contribution in [-0.4, -0.2) is 42.9 Å². The van der Waals surface area contributed by atoms with Gasteiger partial charge in [0.05, 0.1) is 0 Å². The summed E-state index contributed by atoms with van der Waals surface area (Å²) in [4.78, 5) is 28.4. The van der Waals surface area contributed by atoms with Gasteiger partial charge in [0.25, 0.3) is 0 Å². The van der Waals surface area contributed by atoms with E-state index in [0.29, 0.717) is 12.8 Å². The molecule has 0 atom stereocenters. The summed E-state index contributed by atoms with van der Waals surface area (Å²) in [7, 11) is 0. The molecular formula is C22H25N3O2. The van der Waals surface area contributed by atoms with E-state index in [1.54, 1.807) is 0 Å². The van der Waals surface area contributed by atoms with Crippen LogP contribution in [0.1, 0.15) is 24.0 Å². The second kappa shape index (κ2) is 7.82. The molecule has 0 aliphatic carbocycles. The average molecular weight is 363 g/mol. The van der Waals surface area contributed by atoms with E-state index in [4.69, 9.17) is 0 Å². The molecule has 2 heterocycles. The summed E-state index contributed by atoms with van der Waals surface area (Å²) in [5, 5.41) is 2.97. The number of nitrogens with one attached hydrogen (secondary N) is 1. The molecule has 0 spiro atoms. The molecule has 1 fully saturated rings. The van der Waals surface area contributed by atoms with Crippen LogP contribution >= 0.6 is 0 Å². The van der Waals surface area contributed by atoms with E-state index in [1.165, 1.54) is 11.1 Å². The van der Waals surface area contributed by atoms with E-state index >= 15 is 0 Å². The van der Waals surface area contributed by atoms with E-state index in [1.807, 2.05) is 23.1 Å². The van der Waals surface area contributed by atoms with E-state index in [-0.39, 0.29) is 11.8 Å². The predicted molar refractivity (Wildman–Crippen MR) is 107 cm³/mol. The fraction of sp³-hybridized carbons (Fsp3) is 0.364. The van der Waals surface area contributed by atoms with Crippen LogP contribution in [-0.2, 0) is 22.4 Å². The van der Waals surface area contributed by atoms with Gasteiger partial charge >= 0.3 is 0 Å². The van der Waals surface area contributed by atoms with E-state index in [2.05, 4.69) is 40.5 Å². The van der Waals surface area contributed by atoms with Crippen LogP contribution in [0.4, 0.5) is 11.4 Å². The molecule has 5 heteroatoms. The SMILES string of the molecule is O=C1CCc2ccc(N3CCN(C(=O)CCc4ccccc4)CC3)cc2N1. The van der Waals surface area contributed by atoms with Crippen molar-refractivity contribution in [2.45, 2.75) is 25.7 Å². The maximum absolute atomic E-state index is 12.5. The zero-order chi connectivity index (χ0) is 18.6. The highest BCUT2D eigenvalue weighted by molar-refractivity contribution is 5.94. The van der Waals surface area contributed by atoms with Crippen molar-refractivity contribution in [2.24, 2.45) is 0 Å². The molecular weight excluding hydrogens is 338 g/mol. The minimum atomic E-state index is 0.0912. The number of aryl methyl sites for hydroxylation is 2. The highest BCUT2D eigenvalue weighted by Gasteiger charge is 2.22. The molecule has 5 nitrogen and oxygen atoms in total. The molecule has 2 aliphatic rings. The molecule has 0 radical (unpaired) electrons. The Kier molecular flexibility index (Phi) is 5.10. The summed E-state index contributed by atoms with van der Waals surface area (Å²) in [6.45, 7) is 3.14. The number of hydrogen-bond acceptors (Lipinski definition) is 3. The molecule has 0 aromatic heterocycles. The van der Waals surface area contributed by atoms with E-state index in [9.17, 15) is 9.59 Å². The lowest BCUT2D eigenvalue weighted by Crippen LogP contribution is -2.48. The first-order chi connectivity index (χ1) is 13.2. The van der Waals surface area contributed by atoms with Gasteiger partial charge in [0, 0.05) is 50.4 Å². The smallest absolute Gasteiger partial charge is 0.224 e. The number of anilines is 2. The van der Waals surface area contributed by atoms with Crippen molar-refractivity contribution >= 4 is 23.2 Å². The van der Waals surface area contributed by atoms with Gasteiger partial charge in [-0.1, -0.05) is 36.4 Å². The van der Waals surface area contributed by atoms with Crippen LogP contribution in [0.3, 0.4) is 0 Å². The maximum Gasteiger partial charge on any atom is 0.224 e. The van der Waals surface area contributed by atoms with Crippen LogP contribution < -0.4 is 10.2 Å². The Morgan fingerprint density at radius 3 is 2.52 bits per heavy atom. The quantitative estimate of drug-likeness (QED) is 0.909. The van der Waals surface area contributed by atoms with Crippen molar-refractivity contribution in [1.29, 1.82) is 0 Å². The van der Waals surface area contributed by atoms with Crippen LogP contribution in [0.2, 0.25) is 0 Å². The normalized spacial score (nSPS) is 16.7. The number of nitrogens with zero attached hydrogens (tertiary/aromatic N) is 2. The topological polar surface area (TPSA) is 52.7 Å². The molecule has 1 saturated heterocycles. The molecule has 2 aromatic carbocycles. The van der Waals surface area contributed by atoms with Gasteiger partial charge in [-0.2, -0.15) is 0 Å². The Bertz CT molecular complexity index is 827. The van der Waals surface area contributed by atoms with Crippen molar-refractivity contribution in [3.63, 3.8) is 0 Å². The van der Waals surface area contributed by atoms with Gasteiger partial charge in [0.15, 0.2) is 0 Å². The lowest BCUT2D eigenvalue weighted by atomic mass is 10.0. The van der Waals surface area contributed by atoms with Gasteiger partial charge in [0.1, 0.15) is 0 Å². The first-order valence-corrected chi connectivity index (χ1v) is 9.68. The number of carbonyl (C=O) groups excluding carboxylic acids is 2. The average Bonchev–Trinajstić information content (AvgIpc) is 2.72. The third-order valence-electron chi connectivity index (χ3n) is 5.46. The fourth-order valence-electron chi connectivity index (χ4n) is 3.82. The summed E-state index contributed by atoms with van der Waals surface area (Å²) in [6, 6.07) is 16.5. The third-order valence-corrected chi connectivity index (χ3v) is 5.46. The first-order valence-electron chi connectivity index (χ1n) is 9.68. The van der Waals surface area contributed by atoms with Gasteiger partial charge in [0.2, 0.25) is 11.8 Å². The fourth-order valence-corrected chi connectivity index (χ4v) is 3.82. The van der Waals surface area contributed by atoms with Gasteiger partial charge in [-0.05, 0) is 36.1 Å². The Labute approximate surface area is 160 Å². The maximum atomic E-state index is 12.5. The number of rotatable bonds is 4. The zero-order valence-electron chi connectivity index (χ0n) is 15.5. The molecule has 2 amide bonds. The minimum Gasteiger partial charge on any atom is -0.368 e. The van der Waals surface area contributed by atoms with Crippen LogP contribution in [0.25, 0.3) is 0 Å². The lowest BCUT2D eigenvalue weighted by Gasteiger charge is -2.36. The molecule has 0 unspecified atom stereocenters. The lowest BCUT2D eigenvalue weighted by molar-refractivity contribution is -0.131. The van der Waals surface area contributed by atoms with Gasteiger partial charge in [-0.15, -0.1) is 0 Å². The second-order valence-electron chi connectivity index (χ2n) is 7.24. The molecule has 27 heavy (non-hydrogen) atoms. The summed E-state index contributed by atoms with van der Waals surface area (Å²) in [6.07, 6.45) is 2.74. The Hall–Kier alpha value is -2.82. The van der Waals surface area contributed by atoms with Crippen LogP contribution in [0, 0.1) is 0 Å². The number of hydrogen-bond donors (Lipinski definition) is 1. The largest absolute Gasteiger partial charge is 0.368 e. The minimum absolute atomic E-state index is 0.0912. The van der Waals surface area contributed by atoms with Gasteiger partial charge in [-0.3, -0.25) is 9.59 Å². The highest BCUT2D eigenvalue weighted by Crippen LogP contribution is 2.28. The number of carbonyl (C=O) groups is 2. The number of fused-ring (bicyclic) bond motifs is 1.